The summed E-state index contributed by atoms with van der Waals surface area (Å²) < 4.78 is 43.6. The van der Waals surface area contributed by atoms with Crippen molar-refractivity contribution in [1.29, 1.82) is 0 Å². The Balaban J connectivity index is 1.99. The lowest BCUT2D eigenvalue weighted by atomic mass is 10.3. The second-order valence-corrected chi connectivity index (χ2v) is 5.61. The number of carbonyl (C=O) groups is 1. The third kappa shape index (κ3) is 2.23. The van der Waals surface area contributed by atoms with E-state index in [0.29, 0.717) is 29.5 Å². The summed E-state index contributed by atoms with van der Waals surface area (Å²) in [5, 5.41) is -0.632. The second-order valence-electron chi connectivity index (χ2n) is 4.63. The van der Waals surface area contributed by atoms with E-state index in [2.05, 4.69) is 4.98 Å². The van der Waals surface area contributed by atoms with Gasteiger partial charge in [0.25, 0.3) is 0 Å². The van der Waals surface area contributed by atoms with Crippen LogP contribution in [0.15, 0.2) is 0 Å². The van der Waals surface area contributed by atoms with Crippen molar-refractivity contribution in [1.82, 2.24) is 4.98 Å². The van der Waals surface area contributed by atoms with Gasteiger partial charge in [-0.05, 0) is 6.42 Å². The first-order valence-electron chi connectivity index (χ1n) is 5.85. The molecule has 4 nitrogen and oxygen atoms in total. The molecule has 1 aliphatic heterocycles. The molecule has 0 amide bonds. The number of hydrogen-bond donors (Lipinski definition) is 0. The van der Waals surface area contributed by atoms with Crippen molar-refractivity contribution < 1.29 is 22.7 Å². The second kappa shape index (κ2) is 4.17. The van der Waals surface area contributed by atoms with Gasteiger partial charge in [0.2, 0.25) is 5.01 Å². The SMILES string of the molecule is CC(=O)c1nc(C(F)(F)F)sc1N1CCO[C@H]2C[C@H]21. The highest BCUT2D eigenvalue weighted by atomic mass is 32.1. The van der Waals surface area contributed by atoms with Gasteiger partial charge < -0.3 is 9.64 Å². The fourth-order valence-corrected chi connectivity index (χ4v) is 3.31. The summed E-state index contributed by atoms with van der Waals surface area (Å²) in [6, 6.07) is 0.0911. The molecule has 1 aromatic heterocycles. The molecule has 1 saturated heterocycles. The van der Waals surface area contributed by atoms with Crippen LogP contribution in [0.3, 0.4) is 0 Å². The number of thiazole rings is 1. The smallest absolute Gasteiger partial charge is 0.374 e. The van der Waals surface area contributed by atoms with Gasteiger partial charge in [0, 0.05) is 13.5 Å². The number of aromatic nitrogens is 1. The Kier molecular flexibility index (Phi) is 2.82. The molecular weight excluding hydrogens is 281 g/mol. The lowest BCUT2D eigenvalue weighted by Gasteiger charge is -2.27. The number of alkyl halides is 3. The number of fused-ring (bicyclic) bond motifs is 1. The predicted molar refractivity (Wildman–Crippen MR) is 62.6 cm³/mol. The number of carbonyl (C=O) groups excluding carboxylic acids is 1. The summed E-state index contributed by atoms with van der Waals surface area (Å²) in [4.78, 5) is 16.8. The van der Waals surface area contributed by atoms with Crippen LogP contribution in [-0.2, 0) is 10.9 Å². The molecule has 104 valence electrons. The molecule has 2 aliphatic rings. The van der Waals surface area contributed by atoms with Crippen molar-refractivity contribution in [3.05, 3.63) is 10.7 Å². The van der Waals surface area contributed by atoms with Crippen LogP contribution in [0.2, 0.25) is 0 Å². The lowest BCUT2D eigenvalue weighted by Crippen LogP contribution is -2.36. The summed E-state index contributed by atoms with van der Waals surface area (Å²) in [6.45, 7) is 2.21. The van der Waals surface area contributed by atoms with Gasteiger partial charge >= 0.3 is 6.18 Å². The number of hydrogen-bond acceptors (Lipinski definition) is 5. The van der Waals surface area contributed by atoms with Crippen molar-refractivity contribution in [3.63, 3.8) is 0 Å². The average molecular weight is 292 g/mol. The average Bonchev–Trinajstić information content (AvgIpc) is 2.95. The molecule has 0 aromatic carbocycles. The number of morpholine rings is 1. The molecule has 2 heterocycles. The number of ether oxygens (including phenoxy) is 1. The standard InChI is InChI=1S/C11H11F3N2O2S/c1-5(17)8-9(19-10(15-8)11(12,13)14)16-2-3-18-7-4-6(7)16/h6-7H,2-4H2,1H3/t6-,7+/m1/s1. The first-order valence-corrected chi connectivity index (χ1v) is 6.67. The van der Waals surface area contributed by atoms with Crippen LogP contribution in [0.4, 0.5) is 18.2 Å². The fraction of sp³-hybridized carbons (Fsp3) is 0.636. The summed E-state index contributed by atoms with van der Waals surface area (Å²) in [5.41, 5.74) is -0.0788. The monoisotopic (exact) mass is 292 g/mol. The summed E-state index contributed by atoms with van der Waals surface area (Å²) >= 11 is 0.545. The van der Waals surface area contributed by atoms with Gasteiger partial charge in [-0.15, -0.1) is 0 Å². The van der Waals surface area contributed by atoms with Crippen molar-refractivity contribution in [2.75, 3.05) is 18.1 Å². The number of nitrogens with zero attached hydrogens (tertiary/aromatic N) is 2. The molecule has 8 heteroatoms. The fourth-order valence-electron chi connectivity index (χ4n) is 2.24. The Bertz CT molecular complexity index is 529. The Hall–Kier alpha value is -1.15. The summed E-state index contributed by atoms with van der Waals surface area (Å²) in [5.74, 6) is -0.439. The highest BCUT2D eigenvalue weighted by Crippen LogP contribution is 2.44. The van der Waals surface area contributed by atoms with E-state index in [9.17, 15) is 18.0 Å². The van der Waals surface area contributed by atoms with Crippen LogP contribution in [0.1, 0.15) is 28.8 Å². The molecule has 3 rings (SSSR count). The minimum absolute atomic E-state index is 0.0788. The third-order valence-corrected chi connectivity index (χ3v) is 4.35. The van der Waals surface area contributed by atoms with Gasteiger partial charge in [0.1, 0.15) is 10.7 Å². The maximum Gasteiger partial charge on any atom is 0.443 e. The number of ketones is 1. The van der Waals surface area contributed by atoms with Gasteiger partial charge in [0.15, 0.2) is 5.78 Å². The number of anilines is 1. The van der Waals surface area contributed by atoms with Crippen molar-refractivity contribution in [3.8, 4) is 0 Å². The zero-order valence-corrected chi connectivity index (χ0v) is 10.8. The maximum absolute atomic E-state index is 12.7. The Labute approximate surface area is 111 Å². The van der Waals surface area contributed by atoms with E-state index in [1.807, 2.05) is 4.90 Å². The molecule has 0 spiro atoms. The lowest BCUT2D eigenvalue weighted by molar-refractivity contribution is -0.137. The number of rotatable bonds is 2. The minimum Gasteiger partial charge on any atom is -0.374 e. The largest absolute Gasteiger partial charge is 0.443 e. The van der Waals surface area contributed by atoms with E-state index in [0.717, 1.165) is 6.42 Å². The Morgan fingerprint density at radius 2 is 2.26 bits per heavy atom. The number of halogens is 3. The maximum atomic E-state index is 12.7. The zero-order valence-electron chi connectivity index (χ0n) is 10.0. The highest BCUT2D eigenvalue weighted by Gasteiger charge is 2.48. The van der Waals surface area contributed by atoms with E-state index >= 15 is 0 Å². The van der Waals surface area contributed by atoms with Gasteiger partial charge in [-0.25, -0.2) is 4.98 Å². The van der Waals surface area contributed by atoms with Gasteiger partial charge in [-0.3, -0.25) is 4.79 Å². The van der Waals surface area contributed by atoms with E-state index in [1.165, 1.54) is 6.92 Å². The Morgan fingerprint density at radius 1 is 1.53 bits per heavy atom. The van der Waals surface area contributed by atoms with Gasteiger partial charge in [0.05, 0.1) is 18.8 Å². The van der Waals surface area contributed by atoms with E-state index in [1.54, 1.807) is 0 Å². The molecule has 2 fully saturated rings. The molecule has 1 aliphatic carbocycles. The molecule has 19 heavy (non-hydrogen) atoms. The highest BCUT2D eigenvalue weighted by molar-refractivity contribution is 7.16. The van der Waals surface area contributed by atoms with E-state index in [4.69, 9.17) is 4.74 Å². The van der Waals surface area contributed by atoms with Crippen LogP contribution >= 0.6 is 11.3 Å². The topological polar surface area (TPSA) is 42.4 Å². The molecule has 2 atom stereocenters. The van der Waals surface area contributed by atoms with Crippen LogP contribution in [0.5, 0.6) is 0 Å². The van der Waals surface area contributed by atoms with Gasteiger partial charge in [-0.2, -0.15) is 13.2 Å². The molecular formula is C11H11F3N2O2S. The first-order chi connectivity index (χ1) is 8.88. The summed E-state index contributed by atoms with van der Waals surface area (Å²) in [7, 11) is 0. The molecule has 0 unspecified atom stereocenters. The quantitative estimate of drug-likeness (QED) is 0.785. The van der Waals surface area contributed by atoms with Crippen molar-refractivity contribution >= 4 is 22.1 Å². The summed E-state index contributed by atoms with van der Waals surface area (Å²) in [6.07, 6.45) is -3.62. The van der Waals surface area contributed by atoms with Crippen LogP contribution < -0.4 is 4.90 Å². The van der Waals surface area contributed by atoms with Crippen LogP contribution in [-0.4, -0.2) is 36.1 Å². The zero-order chi connectivity index (χ0) is 13.8. The predicted octanol–water partition coefficient (Wildman–Crippen LogP) is 2.34. The normalized spacial score (nSPS) is 26.2. The van der Waals surface area contributed by atoms with E-state index in [-0.39, 0.29) is 17.8 Å². The van der Waals surface area contributed by atoms with Crippen LogP contribution in [0.25, 0.3) is 0 Å². The van der Waals surface area contributed by atoms with E-state index < -0.39 is 17.0 Å². The van der Waals surface area contributed by atoms with Crippen LogP contribution in [0, 0.1) is 0 Å². The Morgan fingerprint density at radius 3 is 2.89 bits per heavy atom. The molecule has 0 bridgehead atoms. The van der Waals surface area contributed by atoms with Crippen molar-refractivity contribution in [2.45, 2.75) is 31.7 Å². The molecule has 0 radical (unpaired) electrons. The molecule has 1 aromatic rings. The van der Waals surface area contributed by atoms with Gasteiger partial charge in [-0.1, -0.05) is 11.3 Å². The third-order valence-electron chi connectivity index (χ3n) is 3.21. The van der Waals surface area contributed by atoms with Crippen molar-refractivity contribution in [2.24, 2.45) is 0 Å². The number of Topliss-reactive ketones (excluding diaryl/α,β-unsaturated/α-hetero) is 1. The molecule has 0 N–H and O–H groups in total. The minimum atomic E-state index is -4.51. The first kappa shape index (κ1) is 12.9. The molecule has 1 saturated carbocycles.